The van der Waals surface area contributed by atoms with Crippen molar-refractivity contribution in [3.8, 4) is 0 Å². The number of carbonyl (C=O) groups is 1. The summed E-state index contributed by atoms with van der Waals surface area (Å²) in [7, 11) is 0. The predicted molar refractivity (Wildman–Crippen MR) is 96.5 cm³/mol. The van der Waals surface area contributed by atoms with E-state index in [4.69, 9.17) is 11.6 Å². The number of aromatic nitrogens is 2. The molecular formula is C19H17ClFN3O. The highest BCUT2D eigenvalue weighted by Crippen LogP contribution is 2.19. The first-order valence-electron chi connectivity index (χ1n) is 7.92. The highest BCUT2D eigenvalue weighted by Gasteiger charge is 2.09. The molecular weight excluding hydrogens is 341 g/mol. The lowest BCUT2D eigenvalue weighted by Crippen LogP contribution is -2.11. The first-order chi connectivity index (χ1) is 12.0. The van der Waals surface area contributed by atoms with Crippen LogP contribution < -0.4 is 5.32 Å². The Kier molecular flexibility index (Phi) is 5.14. The molecule has 0 saturated heterocycles. The Bertz CT molecular complexity index is 890. The van der Waals surface area contributed by atoms with Gasteiger partial charge in [-0.25, -0.2) is 4.39 Å². The minimum Gasteiger partial charge on any atom is -0.319 e. The molecule has 0 aliphatic carbocycles. The van der Waals surface area contributed by atoms with E-state index in [-0.39, 0.29) is 11.7 Å². The summed E-state index contributed by atoms with van der Waals surface area (Å²) in [6, 6.07) is 11.7. The van der Waals surface area contributed by atoms with Crippen LogP contribution in [0.25, 0.3) is 0 Å². The molecule has 1 N–H and O–H groups in total. The van der Waals surface area contributed by atoms with E-state index < -0.39 is 0 Å². The van der Waals surface area contributed by atoms with E-state index in [1.54, 1.807) is 35.3 Å². The van der Waals surface area contributed by atoms with E-state index in [0.29, 0.717) is 22.8 Å². The number of benzene rings is 2. The van der Waals surface area contributed by atoms with Crippen LogP contribution in [0.5, 0.6) is 0 Å². The van der Waals surface area contributed by atoms with Crippen molar-refractivity contribution in [3.63, 3.8) is 0 Å². The number of nitrogens with zero attached hydrogens (tertiary/aromatic N) is 2. The lowest BCUT2D eigenvalue weighted by Gasteiger charge is -2.05. The molecule has 6 heteroatoms. The molecule has 0 saturated carbocycles. The first kappa shape index (κ1) is 17.2. The maximum Gasteiger partial charge on any atom is 0.255 e. The second-order valence-electron chi connectivity index (χ2n) is 5.67. The molecule has 0 fully saturated rings. The van der Waals surface area contributed by atoms with E-state index in [1.807, 2.05) is 12.1 Å². The molecule has 1 aromatic heterocycles. The molecule has 0 unspecified atom stereocenters. The minimum absolute atomic E-state index is 0.193. The van der Waals surface area contributed by atoms with Crippen molar-refractivity contribution < 1.29 is 9.18 Å². The van der Waals surface area contributed by atoms with Crippen LogP contribution in [-0.4, -0.2) is 15.7 Å². The molecule has 0 bridgehead atoms. The van der Waals surface area contributed by atoms with Gasteiger partial charge in [-0.2, -0.15) is 5.10 Å². The zero-order valence-electron chi connectivity index (χ0n) is 13.7. The van der Waals surface area contributed by atoms with E-state index in [1.165, 1.54) is 17.7 Å². The van der Waals surface area contributed by atoms with Gasteiger partial charge >= 0.3 is 0 Å². The molecule has 1 heterocycles. The molecule has 4 nitrogen and oxygen atoms in total. The third-order valence-corrected chi connectivity index (χ3v) is 4.21. The van der Waals surface area contributed by atoms with Crippen molar-refractivity contribution in [2.75, 3.05) is 5.32 Å². The standard InChI is InChI=1S/C19H17ClFN3O/c1-2-13-3-5-14(6-4-13)19(25)23-17-10-22-24(12-17)11-15-7-8-16(21)9-18(15)20/h3-10,12H,2,11H2,1H3,(H,23,25). The Morgan fingerprint density at radius 2 is 2.00 bits per heavy atom. The van der Waals surface area contributed by atoms with Crippen LogP contribution >= 0.6 is 11.6 Å². The monoisotopic (exact) mass is 357 g/mol. The number of nitrogens with one attached hydrogen (secondary N) is 1. The Hall–Kier alpha value is -2.66. The summed E-state index contributed by atoms with van der Waals surface area (Å²) in [6.45, 7) is 2.46. The summed E-state index contributed by atoms with van der Waals surface area (Å²) < 4.78 is 14.7. The number of anilines is 1. The third-order valence-electron chi connectivity index (χ3n) is 3.86. The lowest BCUT2D eigenvalue weighted by atomic mass is 10.1. The molecule has 0 radical (unpaired) electrons. The minimum atomic E-state index is -0.378. The van der Waals surface area contributed by atoms with Gasteiger partial charge in [-0.3, -0.25) is 9.48 Å². The van der Waals surface area contributed by atoms with Crippen LogP contribution in [0.15, 0.2) is 54.9 Å². The van der Waals surface area contributed by atoms with Crippen LogP contribution in [0.1, 0.15) is 28.4 Å². The number of halogens is 2. The maximum atomic E-state index is 13.1. The molecule has 1 amide bonds. The summed E-state index contributed by atoms with van der Waals surface area (Å²) >= 11 is 6.02. The molecule has 0 spiro atoms. The zero-order valence-corrected chi connectivity index (χ0v) is 14.4. The predicted octanol–water partition coefficient (Wildman–Crippen LogP) is 4.54. The van der Waals surface area contributed by atoms with Gasteiger partial charge in [0.25, 0.3) is 5.91 Å². The van der Waals surface area contributed by atoms with Crippen LogP contribution in [0, 0.1) is 5.82 Å². The fourth-order valence-corrected chi connectivity index (χ4v) is 2.66. The van der Waals surface area contributed by atoms with E-state index in [2.05, 4.69) is 17.3 Å². The molecule has 128 valence electrons. The summed E-state index contributed by atoms with van der Waals surface area (Å²) in [5.74, 6) is -0.571. The van der Waals surface area contributed by atoms with Gasteiger partial charge in [0.1, 0.15) is 5.82 Å². The van der Waals surface area contributed by atoms with E-state index in [9.17, 15) is 9.18 Å². The molecule has 0 atom stereocenters. The van der Waals surface area contributed by atoms with E-state index in [0.717, 1.165) is 12.0 Å². The van der Waals surface area contributed by atoms with Gasteiger partial charge in [0.2, 0.25) is 0 Å². The summed E-state index contributed by atoms with van der Waals surface area (Å²) in [5, 5.41) is 7.35. The van der Waals surface area contributed by atoms with E-state index >= 15 is 0 Å². The number of carbonyl (C=O) groups excluding carboxylic acids is 1. The van der Waals surface area contributed by atoms with Gasteiger partial charge in [0.15, 0.2) is 0 Å². The Morgan fingerprint density at radius 1 is 1.24 bits per heavy atom. The second-order valence-corrected chi connectivity index (χ2v) is 6.07. The van der Waals surface area contributed by atoms with Crippen LogP contribution in [0.2, 0.25) is 5.02 Å². The number of aryl methyl sites for hydroxylation is 1. The lowest BCUT2D eigenvalue weighted by molar-refractivity contribution is 0.102. The number of hydrogen-bond acceptors (Lipinski definition) is 2. The SMILES string of the molecule is CCc1ccc(C(=O)Nc2cnn(Cc3ccc(F)cc3Cl)c2)cc1. The van der Waals surface area contributed by atoms with Crippen LogP contribution in [-0.2, 0) is 13.0 Å². The van der Waals surface area contributed by atoms with Crippen molar-refractivity contribution in [2.24, 2.45) is 0 Å². The van der Waals surface area contributed by atoms with Gasteiger partial charge < -0.3 is 5.32 Å². The average molecular weight is 358 g/mol. The van der Waals surface area contributed by atoms with Gasteiger partial charge in [-0.05, 0) is 41.8 Å². The highest BCUT2D eigenvalue weighted by molar-refractivity contribution is 6.31. The molecule has 0 aliphatic rings. The zero-order chi connectivity index (χ0) is 17.8. The average Bonchev–Trinajstić information content (AvgIpc) is 3.04. The fourth-order valence-electron chi connectivity index (χ4n) is 2.43. The number of rotatable bonds is 5. The molecule has 3 aromatic rings. The maximum absolute atomic E-state index is 13.1. The van der Waals surface area contributed by atoms with Gasteiger partial charge in [0, 0.05) is 16.8 Å². The normalized spacial score (nSPS) is 10.7. The van der Waals surface area contributed by atoms with Gasteiger partial charge in [-0.1, -0.05) is 36.7 Å². The van der Waals surface area contributed by atoms with Gasteiger partial charge in [0.05, 0.1) is 18.4 Å². The number of hydrogen-bond donors (Lipinski definition) is 1. The topological polar surface area (TPSA) is 46.9 Å². The summed E-state index contributed by atoms with van der Waals surface area (Å²) in [4.78, 5) is 12.3. The second kappa shape index (κ2) is 7.49. The quantitative estimate of drug-likeness (QED) is 0.728. The Morgan fingerprint density at radius 3 is 2.68 bits per heavy atom. The first-order valence-corrected chi connectivity index (χ1v) is 8.29. The van der Waals surface area contributed by atoms with Crippen molar-refractivity contribution in [1.82, 2.24) is 9.78 Å². The summed E-state index contributed by atoms with van der Waals surface area (Å²) in [5.41, 5.74) is 3.11. The van der Waals surface area contributed by atoms with Crippen LogP contribution in [0.3, 0.4) is 0 Å². The summed E-state index contributed by atoms with van der Waals surface area (Å²) in [6.07, 6.45) is 4.20. The fraction of sp³-hybridized carbons (Fsp3) is 0.158. The molecule has 3 rings (SSSR count). The van der Waals surface area contributed by atoms with Crippen molar-refractivity contribution in [1.29, 1.82) is 0 Å². The largest absolute Gasteiger partial charge is 0.319 e. The number of amides is 1. The molecule has 0 aliphatic heterocycles. The third kappa shape index (κ3) is 4.25. The highest BCUT2D eigenvalue weighted by atomic mass is 35.5. The van der Waals surface area contributed by atoms with Gasteiger partial charge in [-0.15, -0.1) is 0 Å². The van der Waals surface area contributed by atoms with Crippen molar-refractivity contribution in [2.45, 2.75) is 19.9 Å². The smallest absolute Gasteiger partial charge is 0.255 e. The molecule has 2 aromatic carbocycles. The van der Waals surface area contributed by atoms with Crippen LogP contribution in [0.4, 0.5) is 10.1 Å². The van der Waals surface area contributed by atoms with Crippen molar-refractivity contribution in [3.05, 3.63) is 82.4 Å². The molecule has 25 heavy (non-hydrogen) atoms. The Labute approximate surface area is 150 Å². The van der Waals surface area contributed by atoms with Crippen molar-refractivity contribution >= 4 is 23.2 Å². The Balaban J connectivity index is 1.67.